The quantitative estimate of drug-likeness (QED) is 0.239. The molecule has 0 aliphatic rings. The van der Waals surface area contributed by atoms with E-state index in [1.807, 2.05) is 0 Å². The van der Waals surface area contributed by atoms with Crippen molar-refractivity contribution < 1.29 is 72.2 Å². The van der Waals surface area contributed by atoms with Gasteiger partial charge in [-0.25, -0.2) is 0 Å². The van der Waals surface area contributed by atoms with Crippen LogP contribution in [0, 0.1) is 0 Å². The van der Waals surface area contributed by atoms with Gasteiger partial charge in [-0.05, 0) is 6.42 Å². The number of ether oxygens (including phenoxy) is 1. The van der Waals surface area contributed by atoms with E-state index in [2.05, 4.69) is 6.92 Å². The first-order chi connectivity index (χ1) is 9.16. The Hall–Kier alpha value is 0.576. The summed E-state index contributed by atoms with van der Waals surface area (Å²) in [7, 11) is 0. The fourth-order valence-electron chi connectivity index (χ4n) is 1.95. The van der Waals surface area contributed by atoms with E-state index < -0.39 is 18.4 Å². The molecule has 0 aromatic heterocycles. The molecule has 0 fully saturated rings. The Morgan fingerprint density at radius 1 is 0.900 bits per heavy atom. The first-order valence-corrected chi connectivity index (χ1v) is 7.54. The molecule has 5 heteroatoms. The van der Waals surface area contributed by atoms with E-state index >= 15 is 0 Å². The van der Waals surface area contributed by atoms with Crippen LogP contribution in [-0.2, 0) is 14.3 Å². The number of hydrogen-bond donors (Lipinski definition) is 1. The van der Waals surface area contributed by atoms with Crippen LogP contribution in [0.4, 0.5) is 0 Å². The summed E-state index contributed by atoms with van der Waals surface area (Å²) in [6.45, 7) is 2.58. The summed E-state index contributed by atoms with van der Waals surface area (Å²) in [5.74, 6) is -1.77. The maximum atomic E-state index is 10.9. The molecule has 0 atom stereocenters. The molecule has 0 radical (unpaired) electrons. The molecule has 0 aliphatic heterocycles. The van der Waals surface area contributed by atoms with Gasteiger partial charge in [0.05, 0.1) is 6.61 Å². The van der Waals surface area contributed by atoms with E-state index in [1.165, 1.54) is 51.4 Å². The van der Waals surface area contributed by atoms with Crippen molar-refractivity contribution in [1.29, 1.82) is 0 Å². The van der Waals surface area contributed by atoms with Crippen LogP contribution >= 0.6 is 0 Å². The van der Waals surface area contributed by atoms with Crippen LogP contribution in [0.15, 0.2) is 0 Å². The number of carboxylic acids is 1. The predicted octanol–water partition coefficient (Wildman–Crippen LogP) is 1.04. The molecule has 0 aromatic rings. The van der Waals surface area contributed by atoms with Crippen LogP contribution in [-0.4, -0.2) is 23.7 Å². The zero-order valence-electron chi connectivity index (χ0n) is 14.2. The van der Waals surface area contributed by atoms with E-state index in [0.29, 0.717) is 6.61 Å². The van der Waals surface area contributed by atoms with Gasteiger partial charge in [0.25, 0.3) is 0 Å². The van der Waals surface area contributed by atoms with Crippen LogP contribution in [0.25, 0.3) is 0 Å². The number of carbonyl (C=O) groups is 2. The predicted molar refractivity (Wildman–Crippen MR) is 76.2 cm³/mol. The monoisotopic (exact) mass is 312 g/mol. The Morgan fingerprint density at radius 2 is 1.35 bits per heavy atom. The molecule has 1 N–H and O–H groups in total. The SMILES string of the molecule is CCCCCCCCCCCCOC(=O)CC(=O)O.[H-].[K+]. The summed E-state index contributed by atoms with van der Waals surface area (Å²) in [5.41, 5.74) is 0. The van der Waals surface area contributed by atoms with E-state index in [4.69, 9.17) is 9.84 Å². The summed E-state index contributed by atoms with van der Waals surface area (Å²) in [6.07, 6.45) is 11.7. The van der Waals surface area contributed by atoms with E-state index in [1.54, 1.807) is 0 Å². The van der Waals surface area contributed by atoms with Crippen LogP contribution < -0.4 is 51.4 Å². The standard InChI is InChI=1S/C15H28O4.K.H/c1-2-3-4-5-6-7-8-9-10-11-12-19-15(18)13-14(16)17;;/h2-13H2,1H3,(H,16,17);;/q;+1;-1. The third-order valence-corrected chi connectivity index (χ3v) is 3.06. The van der Waals surface area contributed by atoms with Gasteiger partial charge in [-0.3, -0.25) is 9.59 Å². The Balaban J connectivity index is -0.00000162. The zero-order valence-corrected chi connectivity index (χ0v) is 16.3. The third kappa shape index (κ3) is 18.6. The second-order valence-corrected chi connectivity index (χ2v) is 4.97. The minimum absolute atomic E-state index is 0. The first kappa shape index (κ1) is 22.9. The number of unbranched alkanes of at least 4 members (excludes halogenated alkanes) is 9. The van der Waals surface area contributed by atoms with Gasteiger partial charge in [-0.1, -0.05) is 64.7 Å². The maximum absolute atomic E-state index is 10.9. The molecule has 0 bridgehead atoms. The van der Waals surface area contributed by atoms with Crippen molar-refractivity contribution in [2.24, 2.45) is 0 Å². The molecule has 0 unspecified atom stereocenters. The fraction of sp³-hybridized carbons (Fsp3) is 0.867. The molecule has 0 saturated carbocycles. The van der Waals surface area contributed by atoms with Crippen molar-refractivity contribution in [1.82, 2.24) is 0 Å². The molecule has 4 nitrogen and oxygen atoms in total. The number of aliphatic carboxylic acids is 1. The Morgan fingerprint density at radius 3 is 1.80 bits per heavy atom. The number of hydrogen-bond acceptors (Lipinski definition) is 3. The van der Waals surface area contributed by atoms with Crippen LogP contribution in [0.5, 0.6) is 0 Å². The van der Waals surface area contributed by atoms with Gasteiger partial charge in [0.1, 0.15) is 6.42 Å². The van der Waals surface area contributed by atoms with Crippen LogP contribution in [0.1, 0.15) is 79.0 Å². The zero-order chi connectivity index (χ0) is 14.3. The number of carboxylic acid groups (broad SMARTS) is 1. The Labute approximate surface area is 166 Å². The van der Waals surface area contributed by atoms with E-state index in [-0.39, 0.29) is 52.8 Å². The first-order valence-electron chi connectivity index (χ1n) is 7.54. The van der Waals surface area contributed by atoms with Gasteiger partial charge in [0.2, 0.25) is 0 Å². The van der Waals surface area contributed by atoms with Crippen molar-refractivity contribution in [3.05, 3.63) is 0 Å². The smallest absolute Gasteiger partial charge is 1.00 e. The Bertz CT molecular complexity index is 250. The van der Waals surface area contributed by atoms with Gasteiger partial charge in [0.15, 0.2) is 0 Å². The molecule has 0 saturated heterocycles. The largest absolute Gasteiger partial charge is 1.00 e. The summed E-state index contributed by atoms with van der Waals surface area (Å²) >= 11 is 0. The van der Waals surface area contributed by atoms with Crippen molar-refractivity contribution in [2.45, 2.75) is 77.6 Å². The van der Waals surface area contributed by atoms with Gasteiger partial charge >= 0.3 is 63.3 Å². The number of carbonyl (C=O) groups excluding carboxylic acids is 1. The maximum Gasteiger partial charge on any atom is 1.00 e. The summed E-state index contributed by atoms with van der Waals surface area (Å²) < 4.78 is 4.81. The average molecular weight is 312 g/mol. The molecule has 114 valence electrons. The fourth-order valence-corrected chi connectivity index (χ4v) is 1.95. The Kier molecular flexibility index (Phi) is 20.1. The number of esters is 1. The molecule has 0 amide bonds. The molecule has 0 aliphatic carbocycles. The summed E-state index contributed by atoms with van der Waals surface area (Å²) in [6, 6.07) is 0. The molecule has 0 spiro atoms. The molecular formula is C15H29KO4. The molecule has 20 heavy (non-hydrogen) atoms. The van der Waals surface area contributed by atoms with E-state index in [9.17, 15) is 9.59 Å². The second kappa shape index (κ2) is 17.6. The van der Waals surface area contributed by atoms with Gasteiger partial charge in [0, 0.05) is 0 Å². The van der Waals surface area contributed by atoms with Crippen molar-refractivity contribution in [3.63, 3.8) is 0 Å². The summed E-state index contributed by atoms with van der Waals surface area (Å²) in [5, 5.41) is 8.36. The van der Waals surface area contributed by atoms with Crippen molar-refractivity contribution in [3.8, 4) is 0 Å². The molecular weight excluding hydrogens is 283 g/mol. The minimum atomic E-state index is -1.13. The van der Waals surface area contributed by atoms with Gasteiger partial charge < -0.3 is 11.3 Å². The molecule has 0 heterocycles. The second-order valence-electron chi connectivity index (χ2n) is 4.97. The molecule has 0 aromatic carbocycles. The van der Waals surface area contributed by atoms with Gasteiger partial charge in [-0.2, -0.15) is 0 Å². The van der Waals surface area contributed by atoms with Crippen molar-refractivity contribution >= 4 is 11.9 Å². The van der Waals surface area contributed by atoms with Gasteiger partial charge in [-0.15, -0.1) is 0 Å². The molecule has 0 rings (SSSR count). The van der Waals surface area contributed by atoms with Crippen LogP contribution in [0.2, 0.25) is 0 Å². The van der Waals surface area contributed by atoms with E-state index in [0.717, 1.165) is 12.8 Å². The topological polar surface area (TPSA) is 63.6 Å². The van der Waals surface area contributed by atoms with Crippen molar-refractivity contribution in [2.75, 3.05) is 6.61 Å². The summed E-state index contributed by atoms with van der Waals surface area (Å²) in [4.78, 5) is 21.1. The normalized spacial score (nSPS) is 9.85. The number of rotatable bonds is 13. The average Bonchev–Trinajstić information content (AvgIpc) is 2.35. The minimum Gasteiger partial charge on any atom is -1.00 e. The third-order valence-electron chi connectivity index (χ3n) is 3.06. The van der Waals surface area contributed by atoms with Crippen LogP contribution in [0.3, 0.4) is 0 Å².